The van der Waals surface area contributed by atoms with E-state index < -0.39 is 0 Å². The fraction of sp³-hybridized carbons (Fsp3) is 0.316. The number of esters is 1. The van der Waals surface area contributed by atoms with Gasteiger partial charge in [0.2, 0.25) is 0 Å². The molecular formula is C19H20N2O3S. The monoisotopic (exact) mass is 356 g/mol. The molecule has 0 unspecified atom stereocenters. The molecule has 1 aromatic carbocycles. The van der Waals surface area contributed by atoms with Crippen molar-refractivity contribution in [3.63, 3.8) is 0 Å². The molecular weight excluding hydrogens is 336 g/mol. The number of hydrogen-bond donors (Lipinski definition) is 0. The number of carbonyl (C=O) groups is 2. The first kappa shape index (κ1) is 17.4. The molecule has 0 fully saturated rings. The summed E-state index contributed by atoms with van der Waals surface area (Å²) in [5, 5.41) is 0. The van der Waals surface area contributed by atoms with Gasteiger partial charge in [0.05, 0.1) is 13.0 Å². The Kier molecular flexibility index (Phi) is 4.99. The second-order valence-electron chi connectivity index (χ2n) is 6.07. The Labute approximate surface area is 150 Å². The van der Waals surface area contributed by atoms with E-state index in [1.807, 2.05) is 12.1 Å². The van der Waals surface area contributed by atoms with Gasteiger partial charge in [-0.3, -0.25) is 14.0 Å². The summed E-state index contributed by atoms with van der Waals surface area (Å²) in [5.41, 5.74) is 3.32. The van der Waals surface area contributed by atoms with E-state index in [0.29, 0.717) is 28.9 Å². The lowest BCUT2D eigenvalue weighted by Gasteiger charge is -2.06. The highest BCUT2D eigenvalue weighted by atomic mass is 32.1. The van der Waals surface area contributed by atoms with Crippen LogP contribution in [-0.4, -0.2) is 28.2 Å². The maximum atomic E-state index is 11.6. The lowest BCUT2D eigenvalue weighted by molar-refractivity contribution is -0.142. The molecule has 0 spiro atoms. The van der Waals surface area contributed by atoms with Crippen LogP contribution in [0.25, 0.3) is 16.2 Å². The molecule has 0 amide bonds. The molecule has 0 radical (unpaired) electrons. The molecule has 5 nitrogen and oxygen atoms in total. The molecule has 3 rings (SSSR count). The largest absolute Gasteiger partial charge is 0.466 e. The van der Waals surface area contributed by atoms with E-state index in [0.717, 1.165) is 16.7 Å². The number of rotatable bonds is 6. The van der Waals surface area contributed by atoms with Crippen LogP contribution in [0.4, 0.5) is 0 Å². The average molecular weight is 356 g/mol. The van der Waals surface area contributed by atoms with Crippen LogP contribution < -0.4 is 0 Å². The molecule has 0 saturated heterocycles. The van der Waals surface area contributed by atoms with Gasteiger partial charge < -0.3 is 4.74 Å². The molecule has 0 aliphatic heterocycles. The first-order valence-electron chi connectivity index (χ1n) is 8.25. The molecule has 2 heterocycles. The van der Waals surface area contributed by atoms with Crippen molar-refractivity contribution < 1.29 is 14.3 Å². The second-order valence-corrected chi connectivity index (χ2v) is 7.17. The van der Waals surface area contributed by atoms with Crippen LogP contribution in [0.1, 0.15) is 47.6 Å². The molecule has 0 aliphatic carbocycles. The second kappa shape index (κ2) is 7.19. The van der Waals surface area contributed by atoms with Crippen molar-refractivity contribution in [2.45, 2.75) is 33.1 Å². The Morgan fingerprint density at radius 2 is 2.04 bits per heavy atom. The van der Waals surface area contributed by atoms with Crippen molar-refractivity contribution in [3.8, 4) is 11.3 Å². The molecule has 0 aliphatic rings. The molecule has 0 bridgehead atoms. The van der Waals surface area contributed by atoms with Crippen LogP contribution in [0.5, 0.6) is 0 Å². The molecule has 130 valence electrons. The Hall–Kier alpha value is -2.47. The fourth-order valence-corrected chi connectivity index (χ4v) is 3.66. The SMILES string of the molecule is CCOC(=O)Cc1cn2c(C=O)c(-c3ccc(C(C)C)cc3)nc2s1. The first-order valence-corrected chi connectivity index (χ1v) is 9.07. The van der Waals surface area contributed by atoms with Crippen molar-refractivity contribution in [2.24, 2.45) is 0 Å². The zero-order valence-corrected chi connectivity index (χ0v) is 15.3. The summed E-state index contributed by atoms with van der Waals surface area (Å²) in [6.07, 6.45) is 2.80. The molecule has 2 aromatic heterocycles. The van der Waals surface area contributed by atoms with E-state index in [1.165, 1.54) is 16.9 Å². The summed E-state index contributed by atoms with van der Waals surface area (Å²) in [5.74, 6) is 0.180. The van der Waals surface area contributed by atoms with Crippen LogP contribution in [0.15, 0.2) is 30.5 Å². The maximum Gasteiger partial charge on any atom is 0.311 e. The van der Waals surface area contributed by atoms with Crippen molar-refractivity contribution in [1.82, 2.24) is 9.38 Å². The van der Waals surface area contributed by atoms with Crippen LogP contribution in [0.3, 0.4) is 0 Å². The van der Waals surface area contributed by atoms with Crippen LogP contribution >= 0.6 is 11.3 Å². The number of carbonyl (C=O) groups excluding carboxylic acids is 2. The summed E-state index contributed by atoms with van der Waals surface area (Å²) in [4.78, 5) is 29.4. The summed E-state index contributed by atoms with van der Waals surface area (Å²) < 4.78 is 6.71. The summed E-state index contributed by atoms with van der Waals surface area (Å²) in [6.45, 7) is 6.42. The number of ether oxygens (including phenoxy) is 1. The van der Waals surface area contributed by atoms with Gasteiger partial charge in [0.1, 0.15) is 11.4 Å². The Bertz CT molecular complexity index is 907. The summed E-state index contributed by atoms with van der Waals surface area (Å²) >= 11 is 1.40. The van der Waals surface area contributed by atoms with Crippen molar-refractivity contribution in [2.75, 3.05) is 6.61 Å². The highest BCUT2D eigenvalue weighted by Crippen LogP contribution is 2.29. The van der Waals surface area contributed by atoms with E-state index in [2.05, 4.69) is 31.0 Å². The van der Waals surface area contributed by atoms with Gasteiger partial charge in [-0.25, -0.2) is 4.98 Å². The number of nitrogens with zero attached hydrogens (tertiary/aromatic N) is 2. The highest BCUT2D eigenvalue weighted by Gasteiger charge is 2.17. The number of imidazole rings is 1. The van der Waals surface area contributed by atoms with Crippen molar-refractivity contribution in [1.29, 1.82) is 0 Å². The lowest BCUT2D eigenvalue weighted by Crippen LogP contribution is -2.06. The van der Waals surface area contributed by atoms with E-state index in [9.17, 15) is 9.59 Å². The van der Waals surface area contributed by atoms with Gasteiger partial charge in [0.25, 0.3) is 0 Å². The number of aldehydes is 1. The Morgan fingerprint density at radius 1 is 1.32 bits per heavy atom. The van der Waals surface area contributed by atoms with Gasteiger partial charge in [-0.15, -0.1) is 11.3 Å². The minimum Gasteiger partial charge on any atom is -0.466 e. The van der Waals surface area contributed by atoms with Gasteiger partial charge in [0.15, 0.2) is 11.2 Å². The van der Waals surface area contributed by atoms with Crippen LogP contribution in [0.2, 0.25) is 0 Å². The van der Waals surface area contributed by atoms with Gasteiger partial charge in [-0.05, 0) is 18.4 Å². The number of benzene rings is 1. The molecule has 0 atom stereocenters. The van der Waals surface area contributed by atoms with Crippen molar-refractivity contribution >= 4 is 28.6 Å². The number of hydrogen-bond acceptors (Lipinski definition) is 5. The number of aromatic nitrogens is 2. The highest BCUT2D eigenvalue weighted by molar-refractivity contribution is 7.17. The van der Waals surface area contributed by atoms with Gasteiger partial charge in [-0.1, -0.05) is 38.1 Å². The van der Waals surface area contributed by atoms with E-state index in [1.54, 1.807) is 17.5 Å². The quantitative estimate of drug-likeness (QED) is 0.493. The van der Waals surface area contributed by atoms with Gasteiger partial charge in [0, 0.05) is 16.6 Å². The molecule has 3 aromatic rings. The zero-order valence-electron chi connectivity index (χ0n) is 14.5. The maximum absolute atomic E-state index is 11.6. The minimum atomic E-state index is -0.274. The third kappa shape index (κ3) is 3.49. The third-order valence-electron chi connectivity index (χ3n) is 4.00. The van der Waals surface area contributed by atoms with E-state index in [4.69, 9.17) is 4.74 Å². The average Bonchev–Trinajstić information content (AvgIpc) is 3.11. The van der Waals surface area contributed by atoms with E-state index in [-0.39, 0.29) is 12.4 Å². The number of fused-ring (bicyclic) bond motifs is 1. The van der Waals surface area contributed by atoms with Crippen LogP contribution in [0, 0.1) is 0 Å². The normalized spacial score (nSPS) is 11.2. The van der Waals surface area contributed by atoms with Crippen molar-refractivity contribution in [3.05, 3.63) is 46.6 Å². The van der Waals surface area contributed by atoms with Gasteiger partial charge in [-0.2, -0.15) is 0 Å². The van der Waals surface area contributed by atoms with Crippen LogP contribution in [-0.2, 0) is 16.0 Å². The fourth-order valence-electron chi connectivity index (χ4n) is 2.70. The third-order valence-corrected chi connectivity index (χ3v) is 4.98. The molecule has 0 saturated carbocycles. The predicted molar refractivity (Wildman–Crippen MR) is 98.3 cm³/mol. The molecule has 25 heavy (non-hydrogen) atoms. The summed E-state index contributed by atoms with van der Waals surface area (Å²) in [7, 11) is 0. The lowest BCUT2D eigenvalue weighted by atomic mass is 10.0. The number of thiazole rings is 1. The standard InChI is InChI=1S/C19H20N2O3S/c1-4-24-17(23)9-15-10-21-16(11-22)18(20-19(21)25-15)14-7-5-13(6-8-14)12(2)3/h5-8,10-12H,4,9H2,1-3H3. The molecule has 0 N–H and O–H groups in total. The van der Waals surface area contributed by atoms with E-state index >= 15 is 0 Å². The zero-order chi connectivity index (χ0) is 18.0. The first-order chi connectivity index (χ1) is 12.0. The Morgan fingerprint density at radius 3 is 2.64 bits per heavy atom. The predicted octanol–water partition coefficient (Wildman–Crippen LogP) is 4.10. The smallest absolute Gasteiger partial charge is 0.311 e. The summed E-state index contributed by atoms with van der Waals surface area (Å²) in [6, 6.07) is 8.12. The Balaban J connectivity index is 1.95. The van der Waals surface area contributed by atoms with Gasteiger partial charge >= 0.3 is 5.97 Å². The molecule has 6 heteroatoms. The topological polar surface area (TPSA) is 60.7 Å². The minimum absolute atomic E-state index is 0.193.